The number of nitrogens with zero attached hydrogens (tertiary/aromatic N) is 6. The Balaban J connectivity index is 0.768. The molecule has 2 aromatic heterocycles. The van der Waals surface area contributed by atoms with Crippen LogP contribution < -0.4 is 35.9 Å². The lowest BCUT2D eigenvalue weighted by atomic mass is 9.82. The Morgan fingerprint density at radius 1 is 0.882 bits per heavy atom. The maximum Gasteiger partial charge on any atom is 0.293 e. The van der Waals surface area contributed by atoms with Gasteiger partial charge in [0.25, 0.3) is 23.3 Å². The van der Waals surface area contributed by atoms with Gasteiger partial charge < -0.3 is 39.2 Å². The van der Waals surface area contributed by atoms with Crippen LogP contribution in [0.5, 0.6) is 11.5 Å². The minimum Gasteiger partial charge on any atom is -0.491 e. The van der Waals surface area contributed by atoms with Crippen LogP contribution in [0.3, 0.4) is 0 Å². The van der Waals surface area contributed by atoms with Crippen LogP contribution in [0.25, 0.3) is 10.9 Å². The first kappa shape index (κ1) is 47.0. The predicted octanol–water partition coefficient (Wildman–Crippen LogP) is 5.48. The van der Waals surface area contributed by atoms with Crippen LogP contribution in [0.15, 0.2) is 47.4 Å². The number of ether oxygens (including phenoxy) is 3. The number of halogens is 1. The fraction of sp³-hybridized carbons (Fsp3) is 0.510. The van der Waals surface area contributed by atoms with E-state index in [-0.39, 0.29) is 78.1 Å². The van der Waals surface area contributed by atoms with Gasteiger partial charge in [0.1, 0.15) is 16.8 Å². The summed E-state index contributed by atoms with van der Waals surface area (Å²) in [6.07, 6.45) is 7.34. The van der Waals surface area contributed by atoms with Crippen LogP contribution in [0.2, 0.25) is 5.02 Å². The quantitative estimate of drug-likeness (QED) is 0.134. The average molecular weight is 953 g/mol. The molecule has 360 valence electrons. The number of amides is 5. The molecule has 3 saturated heterocycles. The van der Waals surface area contributed by atoms with Crippen LogP contribution in [-0.2, 0) is 19.1 Å². The van der Waals surface area contributed by atoms with E-state index in [2.05, 4.69) is 30.7 Å². The topological polar surface area (TPSA) is 207 Å². The van der Waals surface area contributed by atoms with E-state index < -0.39 is 29.7 Å². The molecule has 4 fully saturated rings. The van der Waals surface area contributed by atoms with Gasteiger partial charge in [0.05, 0.1) is 41.2 Å². The highest BCUT2D eigenvalue weighted by Gasteiger charge is 2.46. The Hall–Kier alpha value is -6.11. The van der Waals surface area contributed by atoms with Crippen molar-refractivity contribution < 1.29 is 38.2 Å². The van der Waals surface area contributed by atoms with E-state index in [1.807, 2.05) is 45.9 Å². The van der Waals surface area contributed by atoms with Crippen molar-refractivity contribution in [3.05, 3.63) is 74.7 Å². The first-order chi connectivity index (χ1) is 32.6. The fourth-order valence-electron chi connectivity index (χ4n) is 10.1. The third kappa shape index (κ3) is 9.50. The molecule has 18 nitrogen and oxygen atoms in total. The molecule has 5 aliphatic rings. The van der Waals surface area contributed by atoms with Crippen molar-refractivity contribution in [2.45, 2.75) is 121 Å². The molecule has 0 bridgehead atoms. The number of rotatable bonds is 14. The normalized spacial score (nSPS) is 21.6. The number of imide groups is 2. The van der Waals surface area contributed by atoms with Gasteiger partial charge in [-0.2, -0.15) is 4.98 Å². The third-order valence-corrected chi connectivity index (χ3v) is 14.0. The molecule has 1 unspecified atom stereocenters. The molecule has 9 rings (SSSR count). The summed E-state index contributed by atoms with van der Waals surface area (Å²) in [4.78, 5) is 91.9. The SMILES string of the molecule is CNC(=O)COc1cc2cc(Nc3nc(N4CCC(O[C@H]5C[C@H](N6CCC(c7cc8c(cc7OC(C)C)C(=O)N(C7CCC(=O)NC7=O)C8=O)CC6)C5)CC4)ncc3Cl)ccc2n(C(C)C)c1=O. The standard InChI is InChI=1S/C49H58ClN9O9/c1-26(2)58-38-7-6-30(18-29(38)19-41(48(58)65)66-25-43(61)51-5)53-44-37(50)24-52-49(55-44)57-16-12-32(13-17-57)68-33-20-31(21-33)56-14-10-28(11-15-56)34-22-35-36(23-40(34)67-27(3)4)47(64)59(46(35)63)39-8-9-42(60)54-45(39)62/h6-7,18-19,22-24,26-28,31-33,39H,8-17,20-21,25H2,1-5H3,(H,51,61)(H,52,53,55)(H,54,60,62)/t31-,33-,39?. The predicted molar refractivity (Wildman–Crippen MR) is 254 cm³/mol. The van der Waals surface area contributed by atoms with E-state index in [0.717, 1.165) is 86.1 Å². The number of nitrogens with one attached hydrogen (secondary N) is 3. The maximum absolute atomic E-state index is 13.7. The Labute approximate surface area is 399 Å². The summed E-state index contributed by atoms with van der Waals surface area (Å²) in [6, 6.07) is 10.0. The first-order valence-corrected chi connectivity index (χ1v) is 24.1. The largest absolute Gasteiger partial charge is 0.491 e. The summed E-state index contributed by atoms with van der Waals surface area (Å²) in [5.74, 6) is -0.590. The summed E-state index contributed by atoms with van der Waals surface area (Å²) >= 11 is 6.61. The summed E-state index contributed by atoms with van der Waals surface area (Å²) in [5.41, 5.74) is 2.53. The highest BCUT2D eigenvalue weighted by atomic mass is 35.5. The number of likely N-dealkylation sites (N-methyl/N-ethyl adjacent to an activating group) is 1. The third-order valence-electron chi connectivity index (χ3n) is 13.7. The van der Waals surface area contributed by atoms with Crippen molar-refractivity contribution in [1.82, 2.24) is 35.0 Å². The zero-order chi connectivity index (χ0) is 48.0. The number of hydrogen-bond acceptors (Lipinski definition) is 14. The number of carbonyl (C=O) groups is 5. The van der Waals surface area contributed by atoms with Crippen LogP contribution in [0.1, 0.15) is 117 Å². The van der Waals surface area contributed by atoms with Gasteiger partial charge in [0, 0.05) is 49.7 Å². The van der Waals surface area contributed by atoms with Gasteiger partial charge in [-0.05, 0) is 134 Å². The van der Waals surface area contributed by atoms with Gasteiger partial charge >= 0.3 is 0 Å². The van der Waals surface area contributed by atoms with E-state index in [1.165, 1.54) is 7.05 Å². The molecule has 1 atom stereocenters. The van der Waals surface area contributed by atoms with Gasteiger partial charge in [-0.3, -0.25) is 39.0 Å². The van der Waals surface area contributed by atoms with Crippen LogP contribution >= 0.6 is 11.6 Å². The zero-order valence-corrected chi connectivity index (χ0v) is 39.8. The molecular weight excluding hydrogens is 894 g/mol. The number of hydrogen-bond donors (Lipinski definition) is 3. The van der Waals surface area contributed by atoms with E-state index >= 15 is 0 Å². The second kappa shape index (κ2) is 19.5. The van der Waals surface area contributed by atoms with Crippen molar-refractivity contribution in [2.24, 2.45) is 0 Å². The number of fused-ring (bicyclic) bond motifs is 2. The molecule has 19 heteroatoms. The lowest BCUT2D eigenvalue weighted by molar-refractivity contribution is -0.136. The molecule has 1 saturated carbocycles. The van der Waals surface area contributed by atoms with Crippen molar-refractivity contribution in [3.8, 4) is 11.5 Å². The second-order valence-corrected chi connectivity index (χ2v) is 19.3. The van der Waals surface area contributed by atoms with Gasteiger partial charge in [-0.15, -0.1) is 0 Å². The molecule has 6 heterocycles. The second-order valence-electron chi connectivity index (χ2n) is 18.9. The monoisotopic (exact) mass is 951 g/mol. The summed E-state index contributed by atoms with van der Waals surface area (Å²) in [7, 11) is 1.51. The molecule has 3 N–H and O–H groups in total. The molecule has 2 aromatic carbocycles. The minimum absolute atomic E-state index is 0.0658. The molecule has 1 aliphatic carbocycles. The van der Waals surface area contributed by atoms with E-state index in [0.29, 0.717) is 34.3 Å². The van der Waals surface area contributed by atoms with Crippen molar-refractivity contribution in [3.63, 3.8) is 0 Å². The highest BCUT2D eigenvalue weighted by Crippen LogP contribution is 2.42. The molecule has 68 heavy (non-hydrogen) atoms. The number of benzene rings is 2. The molecule has 0 radical (unpaired) electrons. The number of likely N-dealkylation sites (tertiary alicyclic amines) is 1. The van der Waals surface area contributed by atoms with Gasteiger partial charge in [0.2, 0.25) is 17.8 Å². The zero-order valence-electron chi connectivity index (χ0n) is 39.0. The van der Waals surface area contributed by atoms with Crippen LogP contribution in [-0.4, -0.2) is 124 Å². The lowest BCUT2D eigenvalue weighted by Gasteiger charge is -2.47. The van der Waals surface area contributed by atoms with E-state index in [9.17, 15) is 28.8 Å². The Kier molecular flexibility index (Phi) is 13.5. The maximum atomic E-state index is 13.7. The van der Waals surface area contributed by atoms with Crippen molar-refractivity contribution in [1.29, 1.82) is 0 Å². The van der Waals surface area contributed by atoms with E-state index in [4.69, 9.17) is 30.8 Å². The molecule has 5 amide bonds. The summed E-state index contributed by atoms with van der Waals surface area (Å²) in [6.45, 7) is 10.7. The number of piperidine rings is 3. The lowest BCUT2D eigenvalue weighted by Crippen LogP contribution is -2.54. The molecule has 4 aromatic rings. The first-order valence-electron chi connectivity index (χ1n) is 23.7. The highest BCUT2D eigenvalue weighted by molar-refractivity contribution is 6.33. The summed E-state index contributed by atoms with van der Waals surface area (Å²) < 4.78 is 20.1. The number of pyridine rings is 1. The van der Waals surface area contributed by atoms with Gasteiger partial charge in [-0.1, -0.05) is 11.6 Å². The fourth-order valence-corrected chi connectivity index (χ4v) is 10.3. The Morgan fingerprint density at radius 2 is 1.60 bits per heavy atom. The minimum atomic E-state index is -1.02. The van der Waals surface area contributed by atoms with Gasteiger partial charge in [-0.25, -0.2) is 4.98 Å². The van der Waals surface area contributed by atoms with E-state index in [1.54, 1.807) is 29.0 Å². The molecular formula is C49H58ClN9O9. The molecule has 4 aliphatic heterocycles. The molecule has 0 spiro atoms. The number of anilines is 3. The smallest absolute Gasteiger partial charge is 0.293 e. The van der Waals surface area contributed by atoms with Gasteiger partial charge in [0.15, 0.2) is 18.2 Å². The van der Waals surface area contributed by atoms with Crippen LogP contribution in [0.4, 0.5) is 17.5 Å². The van der Waals surface area contributed by atoms with Crippen LogP contribution in [0, 0.1) is 0 Å². The summed E-state index contributed by atoms with van der Waals surface area (Å²) in [5, 5.41) is 9.20. The number of carbonyl (C=O) groups excluding carboxylic acids is 5. The van der Waals surface area contributed by atoms with Crippen molar-refractivity contribution >= 4 is 69.5 Å². The van der Waals surface area contributed by atoms with Crippen molar-refractivity contribution in [2.75, 3.05) is 50.1 Å². The number of aromatic nitrogens is 3. The Bertz CT molecular complexity index is 2710. The average Bonchev–Trinajstić information content (AvgIpc) is 3.54. The Morgan fingerprint density at radius 3 is 2.28 bits per heavy atom.